The Labute approximate surface area is 140 Å². The molecule has 0 radical (unpaired) electrons. The molecule has 24 heavy (non-hydrogen) atoms. The lowest BCUT2D eigenvalue weighted by atomic mass is 10.1. The number of fused-ring (bicyclic) bond motifs is 1. The van der Waals surface area contributed by atoms with Crippen LogP contribution in [0.2, 0.25) is 0 Å². The highest BCUT2D eigenvalue weighted by Gasteiger charge is 2.11. The number of ether oxygens (including phenoxy) is 2. The smallest absolute Gasteiger partial charge is 0.224 e. The van der Waals surface area contributed by atoms with E-state index in [4.69, 9.17) is 13.9 Å². The number of hydrogen-bond acceptors (Lipinski definition) is 4. The van der Waals surface area contributed by atoms with Crippen LogP contribution < -0.4 is 14.8 Å². The number of rotatable bonds is 6. The maximum Gasteiger partial charge on any atom is 0.224 e. The molecule has 1 aromatic heterocycles. The first-order valence-electron chi connectivity index (χ1n) is 7.63. The number of hydrogen-bond donors (Lipinski definition) is 1. The molecule has 0 spiro atoms. The molecule has 2 aromatic carbocycles. The van der Waals surface area contributed by atoms with Crippen molar-refractivity contribution in [2.75, 3.05) is 14.2 Å². The average molecular weight is 325 g/mol. The molecule has 0 fully saturated rings. The molecule has 0 aliphatic heterocycles. The number of carbonyl (C=O) groups is 1. The monoisotopic (exact) mass is 325 g/mol. The summed E-state index contributed by atoms with van der Waals surface area (Å²) in [6.07, 6.45) is 1.88. The van der Waals surface area contributed by atoms with E-state index in [1.165, 1.54) is 0 Å². The van der Waals surface area contributed by atoms with Gasteiger partial charge in [-0.05, 0) is 35.9 Å². The zero-order valence-electron chi connectivity index (χ0n) is 13.7. The lowest BCUT2D eigenvalue weighted by Crippen LogP contribution is -2.24. The van der Waals surface area contributed by atoms with Crippen LogP contribution in [-0.2, 0) is 17.8 Å². The van der Waals surface area contributed by atoms with E-state index >= 15 is 0 Å². The molecule has 0 bridgehead atoms. The van der Waals surface area contributed by atoms with E-state index in [1.807, 2.05) is 42.5 Å². The summed E-state index contributed by atoms with van der Waals surface area (Å²) in [6, 6.07) is 13.2. The third-order valence-corrected chi connectivity index (χ3v) is 3.86. The Kier molecular flexibility index (Phi) is 4.70. The minimum Gasteiger partial charge on any atom is -0.497 e. The third kappa shape index (κ3) is 3.51. The molecule has 124 valence electrons. The summed E-state index contributed by atoms with van der Waals surface area (Å²) in [5.74, 6) is 1.48. The van der Waals surface area contributed by atoms with Crippen molar-refractivity contribution in [3.63, 3.8) is 0 Å². The molecule has 0 saturated heterocycles. The van der Waals surface area contributed by atoms with Crippen molar-refractivity contribution in [1.29, 1.82) is 0 Å². The van der Waals surface area contributed by atoms with E-state index in [-0.39, 0.29) is 12.3 Å². The van der Waals surface area contributed by atoms with E-state index in [9.17, 15) is 4.79 Å². The quantitative estimate of drug-likeness (QED) is 0.755. The van der Waals surface area contributed by atoms with Crippen LogP contribution in [0.25, 0.3) is 11.0 Å². The zero-order valence-corrected chi connectivity index (χ0v) is 13.7. The molecule has 0 atom stereocenters. The second-order valence-corrected chi connectivity index (χ2v) is 5.42. The van der Waals surface area contributed by atoms with Gasteiger partial charge in [-0.2, -0.15) is 0 Å². The number of furan rings is 1. The summed E-state index contributed by atoms with van der Waals surface area (Å²) in [5.41, 5.74) is 2.60. The summed E-state index contributed by atoms with van der Waals surface area (Å²) in [6.45, 7) is 0.474. The average Bonchev–Trinajstić information content (AvgIpc) is 3.02. The minimum atomic E-state index is -0.0589. The molecule has 0 saturated carbocycles. The standard InChI is InChI=1S/C19H19NO4/c1-22-15-5-3-13(4-6-15)11-20-19(21)9-14-12-24-18-8-7-16(23-2)10-17(14)18/h3-8,10,12H,9,11H2,1-2H3,(H,20,21). The highest BCUT2D eigenvalue weighted by atomic mass is 16.5. The Morgan fingerprint density at radius 2 is 1.75 bits per heavy atom. The fourth-order valence-corrected chi connectivity index (χ4v) is 2.50. The van der Waals surface area contributed by atoms with Crippen molar-refractivity contribution in [3.8, 4) is 11.5 Å². The van der Waals surface area contributed by atoms with Gasteiger partial charge in [-0.15, -0.1) is 0 Å². The molecular formula is C19H19NO4. The Hall–Kier alpha value is -2.95. The topological polar surface area (TPSA) is 60.7 Å². The summed E-state index contributed by atoms with van der Waals surface area (Å²) >= 11 is 0. The van der Waals surface area contributed by atoms with Gasteiger partial charge in [0.25, 0.3) is 0 Å². The fourth-order valence-electron chi connectivity index (χ4n) is 2.50. The second kappa shape index (κ2) is 7.08. The molecule has 5 heteroatoms. The molecule has 1 N–H and O–H groups in total. The lowest BCUT2D eigenvalue weighted by molar-refractivity contribution is -0.120. The normalized spacial score (nSPS) is 10.6. The molecule has 5 nitrogen and oxygen atoms in total. The maximum absolute atomic E-state index is 12.2. The van der Waals surface area contributed by atoms with E-state index in [2.05, 4.69) is 5.32 Å². The van der Waals surface area contributed by atoms with Crippen LogP contribution >= 0.6 is 0 Å². The predicted octanol–water partition coefficient (Wildman–Crippen LogP) is 3.31. The van der Waals surface area contributed by atoms with Crippen LogP contribution in [0.3, 0.4) is 0 Å². The second-order valence-electron chi connectivity index (χ2n) is 5.42. The lowest BCUT2D eigenvalue weighted by Gasteiger charge is -2.06. The van der Waals surface area contributed by atoms with E-state index in [1.54, 1.807) is 20.5 Å². The van der Waals surface area contributed by atoms with Gasteiger partial charge in [-0.3, -0.25) is 4.79 Å². The first-order chi connectivity index (χ1) is 11.7. The first kappa shape index (κ1) is 15.9. The molecule has 3 aromatic rings. The summed E-state index contributed by atoms with van der Waals surface area (Å²) in [7, 11) is 3.24. The van der Waals surface area contributed by atoms with Gasteiger partial charge in [0.2, 0.25) is 5.91 Å². The van der Waals surface area contributed by atoms with Crippen molar-refractivity contribution >= 4 is 16.9 Å². The molecular weight excluding hydrogens is 306 g/mol. The highest BCUT2D eigenvalue weighted by Crippen LogP contribution is 2.26. The highest BCUT2D eigenvalue weighted by molar-refractivity contribution is 5.88. The van der Waals surface area contributed by atoms with Gasteiger partial charge in [0.15, 0.2) is 0 Å². The van der Waals surface area contributed by atoms with Gasteiger partial charge in [0, 0.05) is 17.5 Å². The van der Waals surface area contributed by atoms with Crippen molar-refractivity contribution in [2.24, 2.45) is 0 Å². The van der Waals surface area contributed by atoms with Gasteiger partial charge < -0.3 is 19.2 Å². The van der Waals surface area contributed by atoms with Gasteiger partial charge in [0.05, 0.1) is 26.9 Å². The van der Waals surface area contributed by atoms with E-state index < -0.39 is 0 Å². The van der Waals surface area contributed by atoms with Crippen LogP contribution in [0.5, 0.6) is 11.5 Å². The number of nitrogens with one attached hydrogen (secondary N) is 1. The Bertz CT molecular complexity index is 836. The van der Waals surface area contributed by atoms with Gasteiger partial charge >= 0.3 is 0 Å². The minimum absolute atomic E-state index is 0.0589. The molecule has 0 aliphatic carbocycles. The maximum atomic E-state index is 12.2. The van der Waals surface area contributed by atoms with Crippen molar-refractivity contribution in [1.82, 2.24) is 5.32 Å². The van der Waals surface area contributed by atoms with Crippen LogP contribution in [0, 0.1) is 0 Å². The molecule has 3 rings (SSSR count). The first-order valence-corrected chi connectivity index (χ1v) is 7.63. The summed E-state index contributed by atoms with van der Waals surface area (Å²) < 4.78 is 15.8. The number of methoxy groups -OCH3 is 2. The van der Waals surface area contributed by atoms with Crippen molar-refractivity contribution in [2.45, 2.75) is 13.0 Å². The van der Waals surface area contributed by atoms with Gasteiger partial charge in [-0.25, -0.2) is 0 Å². The van der Waals surface area contributed by atoms with E-state index in [0.29, 0.717) is 6.54 Å². The number of carbonyl (C=O) groups excluding carboxylic acids is 1. The van der Waals surface area contributed by atoms with Crippen LogP contribution in [-0.4, -0.2) is 20.1 Å². The van der Waals surface area contributed by atoms with Crippen LogP contribution in [0.1, 0.15) is 11.1 Å². The van der Waals surface area contributed by atoms with E-state index in [0.717, 1.165) is 33.6 Å². The number of benzene rings is 2. The van der Waals surface area contributed by atoms with Crippen LogP contribution in [0.4, 0.5) is 0 Å². The van der Waals surface area contributed by atoms with Crippen LogP contribution in [0.15, 0.2) is 53.1 Å². The molecule has 1 amide bonds. The van der Waals surface area contributed by atoms with Crippen molar-refractivity contribution in [3.05, 3.63) is 59.9 Å². The third-order valence-electron chi connectivity index (χ3n) is 3.86. The predicted molar refractivity (Wildman–Crippen MR) is 91.3 cm³/mol. The molecule has 0 unspecified atom stereocenters. The fraction of sp³-hybridized carbons (Fsp3) is 0.211. The van der Waals surface area contributed by atoms with Gasteiger partial charge in [-0.1, -0.05) is 12.1 Å². The summed E-state index contributed by atoms with van der Waals surface area (Å²) in [5, 5.41) is 3.81. The number of amides is 1. The SMILES string of the molecule is COc1ccc(CNC(=O)Cc2coc3ccc(OC)cc23)cc1. The summed E-state index contributed by atoms with van der Waals surface area (Å²) in [4.78, 5) is 12.2. The largest absolute Gasteiger partial charge is 0.497 e. The molecule has 0 aliphatic rings. The Balaban J connectivity index is 1.64. The Morgan fingerprint density at radius 1 is 1.04 bits per heavy atom. The van der Waals surface area contributed by atoms with Gasteiger partial charge in [0.1, 0.15) is 17.1 Å². The molecule has 1 heterocycles. The van der Waals surface area contributed by atoms with Crippen molar-refractivity contribution < 1.29 is 18.7 Å². The zero-order chi connectivity index (χ0) is 16.9. The Morgan fingerprint density at radius 3 is 2.46 bits per heavy atom.